The van der Waals surface area contributed by atoms with Gasteiger partial charge in [-0.2, -0.15) is 10.4 Å². The van der Waals surface area contributed by atoms with Gasteiger partial charge in [0.15, 0.2) is 11.5 Å². The van der Waals surface area contributed by atoms with Gasteiger partial charge >= 0.3 is 0 Å². The van der Waals surface area contributed by atoms with Crippen LogP contribution in [0.2, 0.25) is 0 Å². The van der Waals surface area contributed by atoms with Crippen molar-refractivity contribution in [1.29, 1.82) is 5.26 Å². The number of nitrogens with zero attached hydrogens (tertiary/aromatic N) is 3. The minimum atomic E-state index is 0.390. The van der Waals surface area contributed by atoms with Gasteiger partial charge in [-0.3, -0.25) is 0 Å². The van der Waals surface area contributed by atoms with E-state index >= 15 is 0 Å². The number of hydrogen-bond acceptors (Lipinski definition) is 6. The molecule has 0 saturated carbocycles. The van der Waals surface area contributed by atoms with Crippen molar-refractivity contribution >= 4 is 16.9 Å². The molecule has 7 nitrogen and oxygen atoms in total. The molecule has 0 atom stereocenters. The predicted molar refractivity (Wildman–Crippen MR) is 109 cm³/mol. The zero-order valence-electron chi connectivity index (χ0n) is 15.9. The second-order valence-electron chi connectivity index (χ2n) is 6.13. The summed E-state index contributed by atoms with van der Waals surface area (Å²) in [5.74, 6) is 2.51. The average Bonchev–Trinajstić information content (AvgIpc) is 3.14. The first kappa shape index (κ1) is 18.2. The van der Waals surface area contributed by atoms with Crippen LogP contribution < -0.4 is 19.5 Å². The molecule has 29 heavy (non-hydrogen) atoms. The molecule has 2 aromatic carbocycles. The maximum Gasteiger partial charge on any atom is 0.190 e. The summed E-state index contributed by atoms with van der Waals surface area (Å²) in [6.07, 6.45) is 3.21. The fraction of sp³-hybridized carbons (Fsp3) is 0.0909. The van der Waals surface area contributed by atoms with Gasteiger partial charge in [0.05, 0.1) is 37.9 Å². The molecule has 4 aromatic rings. The molecule has 7 heteroatoms. The van der Waals surface area contributed by atoms with E-state index < -0.39 is 0 Å². The zero-order chi connectivity index (χ0) is 20.2. The molecule has 0 saturated heterocycles. The first-order valence-electron chi connectivity index (χ1n) is 8.86. The van der Waals surface area contributed by atoms with E-state index in [-0.39, 0.29) is 0 Å². The van der Waals surface area contributed by atoms with Crippen LogP contribution >= 0.6 is 0 Å². The Labute approximate surface area is 167 Å². The minimum Gasteiger partial charge on any atom is -0.491 e. The van der Waals surface area contributed by atoms with Crippen molar-refractivity contribution in [2.24, 2.45) is 0 Å². The fourth-order valence-corrected chi connectivity index (χ4v) is 3.02. The number of methoxy groups -OCH3 is 2. The molecule has 0 aliphatic heterocycles. The molecule has 0 unspecified atom stereocenters. The topological polar surface area (TPSA) is 80.8 Å². The quantitative estimate of drug-likeness (QED) is 0.515. The lowest BCUT2D eigenvalue weighted by Gasteiger charge is -2.12. The van der Waals surface area contributed by atoms with Gasteiger partial charge in [0.1, 0.15) is 23.1 Å². The highest BCUT2D eigenvalue weighted by molar-refractivity contribution is 5.88. The molecule has 0 fully saturated rings. The molecule has 144 valence electrons. The molecule has 0 spiro atoms. The lowest BCUT2D eigenvalue weighted by Crippen LogP contribution is -2.01. The van der Waals surface area contributed by atoms with Gasteiger partial charge in [-0.05, 0) is 36.4 Å². The second-order valence-corrected chi connectivity index (χ2v) is 6.13. The molecule has 0 bridgehead atoms. The van der Waals surface area contributed by atoms with Crippen molar-refractivity contribution in [2.75, 3.05) is 19.5 Å². The average molecular weight is 386 g/mol. The predicted octanol–water partition coefficient (Wildman–Crippen LogP) is 4.76. The third-order valence-corrected chi connectivity index (χ3v) is 4.37. The van der Waals surface area contributed by atoms with E-state index in [0.29, 0.717) is 34.0 Å². The van der Waals surface area contributed by atoms with Gasteiger partial charge in [-0.25, -0.2) is 4.52 Å². The summed E-state index contributed by atoms with van der Waals surface area (Å²) in [7, 11) is 3.11. The zero-order valence-corrected chi connectivity index (χ0v) is 15.9. The van der Waals surface area contributed by atoms with Crippen LogP contribution in [0.5, 0.6) is 23.0 Å². The van der Waals surface area contributed by atoms with Gasteiger partial charge in [-0.1, -0.05) is 18.2 Å². The number of nitrogens with one attached hydrogen (secondary N) is 1. The van der Waals surface area contributed by atoms with Gasteiger partial charge < -0.3 is 19.5 Å². The fourth-order valence-electron chi connectivity index (χ4n) is 3.02. The Morgan fingerprint density at radius 3 is 2.34 bits per heavy atom. The summed E-state index contributed by atoms with van der Waals surface area (Å²) < 4.78 is 18.3. The standard InChI is InChI=1S/C22H18N4O3/c1-27-19-14-26-21(22(19)28-2)20(15(12-23)13-24-26)25-16-8-10-18(11-9-16)29-17-6-4-3-5-7-17/h3-11,13-14,25H,1-2H3. The Bertz CT molecular complexity index is 1180. The Hall–Kier alpha value is -4.18. The number of hydrogen-bond donors (Lipinski definition) is 1. The summed E-state index contributed by atoms with van der Waals surface area (Å²) >= 11 is 0. The molecule has 0 amide bonds. The normalized spacial score (nSPS) is 10.4. The van der Waals surface area contributed by atoms with Crippen LogP contribution in [-0.4, -0.2) is 23.8 Å². The van der Waals surface area contributed by atoms with Crippen molar-refractivity contribution in [3.8, 4) is 29.1 Å². The van der Waals surface area contributed by atoms with Crippen molar-refractivity contribution in [2.45, 2.75) is 0 Å². The number of anilines is 2. The van der Waals surface area contributed by atoms with Crippen molar-refractivity contribution < 1.29 is 14.2 Å². The number of para-hydroxylation sites is 1. The van der Waals surface area contributed by atoms with Crippen LogP contribution in [0.1, 0.15) is 5.56 Å². The Morgan fingerprint density at radius 2 is 1.69 bits per heavy atom. The highest BCUT2D eigenvalue weighted by atomic mass is 16.5. The minimum absolute atomic E-state index is 0.390. The number of nitriles is 1. The van der Waals surface area contributed by atoms with Crippen LogP contribution in [0.3, 0.4) is 0 Å². The van der Waals surface area contributed by atoms with Gasteiger partial charge in [0, 0.05) is 5.69 Å². The van der Waals surface area contributed by atoms with E-state index in [9.17, 15) is 5.26 Å². The number of aromatic nitrogens is 2. The van der Waals surface area contributed by atoms with E-state index in [4.69, 9.17) is 14.2 Å². The number of rotatable bonds is 6. The Morgan fingerprint density at radius 1 is 0.966 bits per heavy atom. The monoisotopic (exact) mass is 386 g/mol. The van der Waals surface area contributed by atoms with E-state index in [2.05, 4.69) is 16.5 Å². The highest BCUT2D eigenvalue weighted by Crippen LogP contribution is 2.39. The third-order valence-electron chi connectivity index (χ3n) is 4.37. The van der Waals surface area contributed by atoms with Gasteiger partial charge in [0.25, 0.3) is 0 Å². The van der Waals surface area contributed by atoms with Crippen LogP contribution in [-0.2, 0) is 0 Å². The third kappa shape index (κ3) is 3.51. The van der Waals surface area contributed by atoms with Crippen LogP contribution in [0.25, 0.3) is 5.52 Å². The molecule has 0 aliphatic carbocycles. The van der Waals surface area contributed by atoms with Crippen LogP contribution in [0.15, 0.2) is 67.0 Å². The van der Waals surface area contributed by atoms with Gasteiger partial charge in [-0.15, -0.1) is 0 Å². The smallest absolute Gasteiger partial charge is 0.190 e. The lowest BCUT2D eigenvalue weighted by molar-refractivity contribution is 0.360. The second kappa shape index (κ2) is 7.82. The largest absolute Gasteiger partial charge is 0.491 e. The summed E-state index contributed by atoms with van der Waals surface area (Å²) in [5.41, 5.74) is 2.38. The first-order chi connectivity index (χ1) is 14.2. The number of ether oxygens (including phenoxy) is 3. The highest BCUT2D eigenvalue weighted by Gasteiger charge is 2.19. The summed E-state index contributed by atoms with van der Waals surface area (Å²) in [5, 5.41) is 17.1. The Kier molecular flexibility index (Phi) is 4.91. The molecule has 4 rings (SSSR count). The van der Waals surface area contributed by atoms with Crippen LogP contribution in [0.4, 0.5) is 11.4 Å². The molecular weight excluding hydrogens is 368 g/mol. The number of fused-ring (bicyclic) bond motifs is 1. The molecule has 2 aromatic heterocycles. The van der Waals surface area contributed by atoms with Crippen LogP contribution in [0, 0.1) is 11.3 Å². The van der Waals surface area contributed by atoms with Gasteiger partial charge in [0.2, 0.25) is 0 Å². The molecule has 2 heterocycles. The van der Waals surface area contributed by atoms with E-state index in [1.807, 2.05) is 54.6 Å². The SMILES string of the molecule is COc1cn2ncc(C#N)c(Nc3ccc(Oc4ccccc4)cc3)c2c1OC. The number of benzene rings is 2. The lowest BCUT2D eigenvalue weighted by atomic mass is 10.2. The van der Waals surface area contributed by atoms with Crippen molar-refractivity contribution in [1.82, 2.24) is 9.61 Å². The molecular formula is C22H18N4O3. The maximum atomic E-state index is 9.56. The van der Waals surface area contributed by atoms with E-state index in [1.54, 1.807) is 24.9 Å². The molecule has 1 N–H and O–H groups in total. The van der Waals surface area contributed by atoms with Crippen molar-refractivity contribution in [3.63, 3.8) is 0 Å². The molecule has 0 aliphatic rings. The molecule has 0 radical (unpaired) electrons. The summed E-state index contributed by atoms with van der Waals surface area (Å²) in [4.78, 5) is 0. The first-order valence-corrected chi connectivity index (χ1v) is 8.86. The summed E-state index contributed by atoms with van der Waals surface area (Å²) in [6.45, 7) is 0. The van der Waals surface area contributed by atoms with E-state index in [1.165, 1.54) is 6.20 Å². The maximum absolute atomic E-state index is 9.56. The Balaban J connectivity index is 1.68. The van der Waals surface area contributed by atoms with E-state index in [0.717, 1.165) is 11.4 Å². The summed E-state index contributed by atoms with van der Waals surface area (Å²) in [6, 6.07) is 19.2. The van der Waals surface area contributed by atoms with Crippen molar-refractivity contribution in [3.05, 3.63) is 72.6 Å².